The first-order valence-corrected chi connectivity index (χ1v) is 5.69. The summed E-state index contributed by atoms with van der Waals surface area (Å²) in [7, 11) is 0. The Hall–Kier alpha value is -1.26. The van der Waals surface area contributed by atoms with Crippen LogP contribution in [-0.2, 0) is 9.53 Å². The Balaban J connectivity index is 2.47. The minimum Gasteiger partial charge on any atom is -0.481 e. The fourth-order valence-electron chi connectivity index (χ4n) is 1.76. The maximum absolute atomic E-state index is 11.5. The smallest absolute Gasteiger partial charge is 0.410 e. The average Bonchev–Trinajstić information content (AvgIpc) is 2.27. The van der Waals surface area contributed by atoms with Crippen molar-refractivity contribution in [2.24, 2.45) is 5.92 Å². The van der Waals surface area contributed by atoms with Crippen molar-refractivity contribution < 1.29 is 19.4 Å². The molecule has 1 rings (SSSR count). The van der Waals surface area contributed by atoms with Crippen LogP contribution in [0.15, 0.2) is 0 Å². The van der Waals surface area contributed by atoms with Crippen LogP contribution in [0.2, 0.25) is 0 Å². The molecule has 5 nitrogen and oxygen atoms in total. The monoisotopic (exact) mass is 229 g/mol. The summed E-state index contributed by atoms with van der Waals surface area (Å²) >= 11 is 0. The Morgan fingerprint density at radius 3 is 2.94 bits per heavy atom. The van der Waals surface area contributed by atoms with Crippen LogP contribution in [0.1, 0.15) is 33.1 Å². The molecule has 2 atom stereocenters. The van der Waals surface area contributed by atoms with Crippen LogP contribution in [0, 0.1) is 5.92 Å². The molecular weight excluding hydrogens is 210 g/mol. The molecule has 0 aromatic heterocycles. The molecule has 92 valence electrons. The lowest BCUT2D eigenvalue weighted by Crippen LogP contribution is -2.47. The van der Waals surface area contributed by atoms with Gasteiger partial charge >= 0.3 is 12.1 Å². The van der Waals surface area contributed by atoms with E-state index in [-0.39, 0.29) is 24.5 Å². The van der Waals surface area contributed by atoms with E-state index in [4.69, 9.17) is 9.84 Å². The lowest BCUT2D eigenvalue weighted by molar-refractivity contribution is -0.137. The fraction of sp³-hybridized carbons (Fsp3) is 0.818. The molecule has 1 fully saturated rings. The van der Waals surface area contributed by atoms with Crippen LogP contribution in [0.5, 0.6) is 0 Å². The van der Waals surface area contributed by atoms with Gasteiger partial charge in [-0.05, 0) is 19.8 Å². The molecule has 0 saturated carbocycles. The Morgan fingerprint density at radius 2 is 2.38 bits per heavy atom. The van der Waals surface area contributed by atoms with Crippen molar-refractivity contribution in [2.45, 2.75) is 39.2 Å². The van der Waals surface area contributed by atoms with Crippen LogP contribution in [0.4, 0.5) is 4.79 Å². The van der Waals surface area contributed by atoms with Gasteiger partial charge in [-0.2, -0.15) is 0 Å². The first kappa shape index (κ1) is 12.8. The van der Waals surface area contributed by atoms with Gasteiger partial charge in [0.1, 0.15) is 0 Å². The second kappa shape index (κ2) is 5.72. The summed E-state index contributed by atoms with van der Waals surface area (Å²) in [5.74, 6) is -0.658. The Morgan fingerprint density at radius 1 is 1.69 bits per heavy atom. The molecule has 0 radical (unpaired) electrons. The van der Waals surface area contributed by atoms with Crippen molar-refractivity contribution in [3.63, 3.8) is 0 Å². The summed E-state index contributed by atoms with van der Waals surface area (Å²) in [4.78, 5) is 23.6. The van der Waals surface area contributed by atoms with E-state index in [2.05, 4.69) is 0 Å². The maximum atomic E-state index is 11.5. The van der Waals surface area contributed by atoms with E-state index in [1.54, 1.807) is 4.90 Å². The largest absolute Gasteiger partial charge is 0.481 e. The van der Waals surface area contributed by atoms with Crippen molar-refractivity contribution in [3.05, 3.63) is 0 Å². The highest BCUT2D eigenvalue weighted by atomic mass is 16.6. The zero-order chi connectivity index (χ0) is 12.1. The topological polar surface area (TPSA) is 66.8 Å². The average molecular weight is 229 g/mol. The molecule has 16 heavy (non-hydrogen) atoms. The Bertz CT molecular complexity index is 267. The second-order valence-corrected chi connectivity index (χ2v) is 4.28. The standard InChI is InChI=1S/C11H19NO4/c1-3-8(2)12-6-9(4-5-10(13)14)7-16-11(12)15/h8-9H,3-7H2,1-2H3,(H,13,14). The minimum absolute atomic E-state index is 0.135. The van der Waals surface area contributed by atoms with E-state index >= 15 is 0 Å². The molecule has 5 heteroatoms. The summed E-state index contributed by atoms with van der Waals surface area (Å²) in [6.45, 7) is 4.94. The number of cyclic esters (lactones) is 1. The van der Waals surface area contributed by atoms with Crippen molar-refractivity contribution >= 4 is 12.1 Å². The second-order valence-electron chi connectivity index (χ2n) is 4.28. The normalized spacial score (nSPS) is 22.8. The van der Waals surface area contributed by atoms with Crippen LogP contribution < -0.4 is 0 Å². The van der Waals surface area contributed by atoms with Gasteiger partial charge in [0.25, 0.3) is 0 Å². The van der Waals surface area contributed by atoms with E-state index < -0.39 is 5.97 Å². The fourth-order valence-corrected chi connectivity index (χ4v) is 1.76. The Labute approximate surface area is 95.4 Å². The number of carboxylic acid groups (broad SMARTS) is 1. The van der Waals surface area contributed by atoms with Gasteiger partial charge < -0.3 is 14.7 Å². The summed E-state index contributed by atoms with van der Waals surface area (Å²) in [6.07, 6.45) is 1.30. The lowest BCUT2D eigenvalue weighted by atomic mass is 10.0. The molecule has 0 aliphatic carbocycles. The Kier molecular flexibility index (Phi) is 4.58. The van der Waals surface area contributed by atoms with Crippen LogP contribution in [0.3, 0.4) is 0 Å². The summed E-state index contributed by atoms with van der Waals surface area (Å²) in [6, 6.07) is 0.153. The maximum Gasteiger partial charge on any atom is 0.410 e. The van der Waals surface area contributed by atoms with Crippen LogP contribution >= 0.6 is 0 Å². The molecule has 0 bridgehead atoms. The molecule has 0 aromatic carbocycles. The van der Waals surface area contributed by atoms with Gasteiger partial charge in [-0.3, -0.25) is 4.79 Å². The predicted molar refractivity (Wildman–Crippen MR) is 58.2 cm³/mol. The number of amides is 1. The minimum atomic E-state index is -0.799. The first-order valence-electron chi connectivity index (χ1n) is 5.69. The van der Waals surface area contributed by atoms with Gasteiger partial charge in [0.2, 0.25) is 0 Å². The van der Waals surface area contributed by atoms with Gasteiger partial charge in [0.15, 0.2) is 0 Å². The molecule has 1 aliphatic rings. The molecule has 1 N–H and O–H groups in total. The van der Waals surface area contributed by atoms with Gasteiger partial charge in [-0.1, -0.05) is 6.92 Å². The summed E-state index contributed by atoms with van der Waals surface area (Å²) < 4.78 is 5.05. The number of nitrogens with zero attached hydrogens (tertiary/aromatic N) is 1. The van der Waals surface area contributed by atoms with E-state index in [0.717, 1.165) is 6.42 Å². The third kappa shape index (κ3) is 3.40. The number of ether oxygens (including phenoxy) is 1. The third-order valence-corrected chi connectivity index (χ3v) is 3.02. The summed E-state index contributed by atoms with van der Waals surface area (Å²) in [5, 5.41) is 8.60. The highest BCUT2D eigenvalue weighted by molar-refractivity contribution is 5.69. The zero-order valence-corrected chi connectivity index (χ0v) is 9.81. The number of hydrogen-bond acceptors (Lipinski definition) is 3. The van der Waals surface area contributed by atoms with Crippen molar-refractivity contribution in [2.75, 3.05) is 13.2 Å². The quantitative estimate of drug-likeness (QED) is 0.779. The third-order valence-electron chi connectivity index (χ3n) is 3.02. The number of carbonyl (C=O) groups excluding carboxylic acids is 1. The molecule has 0 spiro atoms. The van der Waals surface area contributed by atoms with E-state index in [9.17, 15) is 9.59 Å². The first-order chi connectivity index (χ1) is 7.54. The number of hydrogen-bond donors (Lipinski definition) is 1. The molecule has 1 aliphatic heterocycles. The molecule has 1 saturated heterocycles. The number of carbonyl (C=O) groups is 2. The van der Waals surface area contributed by atoms with Crippen LogP contribution in [0.25, 0.3) is 0 Å². The zero-order valence-electron chi connectivity index (χ0n) is 9.81. The van der Waals surface area contributed by atoms with Gasteiger partial charge in [-0.25, -0.2) is 4.79 Å². The van der Waals surface area contributed by atoms with E-state index in [1.165, 1.54) is 0 Å². The van der Waals surface area contributed by atoms with Gasteiger partial charge in [-0.15, -0.1) is 0 Å². The molecule has 2 unspecified atom stereocenters. The number of rotatable bonds is 5. The summed E-state index contributed by atoms with van der Waals surface area (Å²) in [5.41, 5.74) is 0. The van der Waals surface area contributed by atoms with Gasteiger partial charge in [0, 0.05) is 24.9 Å². The lowest BCUT2D eigenvalue weighted by Gasteiger charge is -2.35. The predicted octanol–water partition coefficient (Wildman–Crippen LogP) is 1.72. The van der Waals surface area contributed by atoms with Crippen molar-refractivity contribution in [3.8, 4) is 0 Å². The molecule has 0 aromatic rings. The number of aliphatic carboxylic acids is 1. The highest BCUT2D eigenvalue weighted by Crippen LogP contribution is 2.19. The molecule has 1 amide bonds. The number of carboxylic acids is 1. The van der Waals surface area contributed by atoms with Crippen molar-refractivity contribution in [1.29, 1.82) is 0 Å². The molecule has 1 heterocycles. The highest BCUT2D eigenvalue weighted by Gasteiger charge is 2.29. The van der Waals surface area contributed by atoms with Crippen molar-refractivity contribution in [1.82, 2.24) is 4.90 Å². The SMILES string of the molecule is CCC(C)N1CC(CCC(=O)O)COC1=O. The van der Waals surface area contributed by atoms with Crippen LogP contribution in [-0.4, -0.2) is 41.3 Å². The van der Waals surface area contributed by atoms with E-state index in [0.29, 0.717) is 19.6 Å². The van der Waals surface area contributed by atoms with E-state index in [1.807, 2.05) is 13.8 Å². The molecular formula is C11H19NO4. The van der Waals surface area contributed by atoms with Gasteiger partial charge in [0.05, 0.1) is 6.61 Å².